The molecule has 0 spiro atoms. The van der Waals surface area contributed by atoms with Crippen LogP contribution in [0.4, 0.5) is 5.69 Å². The van der Waals surface area contributed by atoms with Crippen LogP contribution in [0.15, 0.2) is 21.4 Å². The van der Waals surface area contributed by atoms with Crippen molar-refractivity contribution in [1.82, 2.24) is 15.3 Å². The number of hydrogen-bond donors (Lipinski definition) is 4. The molecule has 1 aliphatic rings. The molecular formula is C15H21BrN4O. The van der Waals surface area contributed by atoms with Gasteiger partial charge >= 0.3 is 5.69 Å². The number of H-pyrrole nitrogens is 2. The molecule has 2 heterocycles. The zero-order chi connectivity index (χ0) is 14.8. The van der Waals surface area contributed by atoms with Crippen LogP contribution < -0.4 is 16.3 Å². The second-order valence-electron chi connectivity index (χ2n) is 5.88. The van der Waals surface area contributed by atoms with Gasteiger partial charge in [-0.25, -0.2) is 4.79 Å². The number of hydrogen-bond acceptors (Lipinski definition) is 3. The maximum absolute atomic E-state index is 11.3. The first-order valence-electron chi connectivity index (χ1n) is 7.53. The van der Waals surface area contributed by atoms with Gasteiger partial charge in [0, 0.05) is 16.6 Å². The van der Waals surface area contributed by atoms with Crippen LogP contribution in [0.1, 0.15) is 32.6 Å². The van der Waals surface area contributed by atoms with Gasteiger partial charge in [-0.3, -0.25) is 0 Å². The largest absolute Gasteiger partial charge is 0.382 e. The molecule has 2 unspecified atom stereocenters. The van der Waals surface area contributed by atoms with Gasteiger partial charge in [-0.15, -0.1) is 0 Å². The van der Waals surface area contributed by atoms with Gasteiger partial charge in [-0.05, 0) is 60.8 Å². The van der Waals surface area contributed by atoms with Gasteiger partial charge in [0.15, 0.2) is 0 Å². The van der Waals surface area contributed by atoms with E-state index in [4.69, 9.17) is 0 Å². The number of imidazole rings is 1. The van der Waals surface area contributed by atoms with Crippen LogP contribution in [-0.4, -0.2) is 28.6 Å². The molecular weight excluding hydrogens is 332 g/mol. The first-order valence-corrected chi connectivity index (χ1v) is 8.32. The predicted octanol–water partition coefficient (Wildman–Crippen LogP) is 2.95. The summed E-state index contributed by atoms with van der Waals surface area (Å²) in [5.74, 6) is 0. The molecule has 1 fully saturated rings. The minimum absolute atomic E-state index is 0.173. The van der Waals surface area contributed by atoms with Crippen molar-refractivity contribution in [2.45, 2.75) is 44.7 Å². The normalized spacial score (nSPS) is 20.6. The first-order chi connectivity index (χ1) is 10.1. The molecule has 3 rings (SSSR count). The molecule has 114 valence electrons. The summed E-state index contributed by atoms with van der Waals surface area (Å²) in [5, 5.41) is 7.12. The van der Waals surface area contributed by atoms with Gasteiger partial charge in [0.05, 0.1) is 16.7 Å². The van der Waals surface area contributed by atoms with E-state index in [2.05, 4.69) is 43.5 Å². The highest BCUT2D eigenvalue weighted by Gasteiger charge is 2.16. The molecule has 0 radical (unpaired) electrons. The third-order valence-corrected chi connectivity index (χ3v) is 4.71. The number of piperidine rings is 1. The van der Waals surface area contributed by atoms with Crippen LogP contribution in [-0.2, 0) is 0 Å². The second-order valence-corrected chi connectivity index (χ2v) is 6.74. The second kappa shape index (κ2) is 6.23. The number of benzene rings is 1. The Bertz CT molecular complexity index is 672. The monoisotopic (exact) mass is 352 g/mol. The van der Waals surface area contributed by atoms with Gasteiger partial charge in [-0.2, -0.15) is 0 Å². The van der Waals surface area contributed by atoms with Crippen LogP contribution in [0, 0.1) is 0 Å². The van der Waals surface area contributed by atoms with Crippen LogP contribution in [0.3, 0.4) is 0 Å². The van der Waals surface area contributed by atoms with Gasteiger partial charge in [0.25, 0.3) is 0 Å². The summed E-state index contributed by atoms with van der Waals surface area (Å²) in [4.78, 5) is 16.9. The van der Waals surface area contributed by atoms with Crippen LogP contribution in [0.2, 0.25) is 0 Å². The molecule has 0 bridgehead atoms. The SMILES string of the molecule is CC(CC1CCCCN1)Nc1cc2[nH]c(=O)[nH]c2cc1Br. The molecule has 1 saturated heterocycles. The molecule has 2 aromatic rings. The van der Waals surface area contributed by atoms with E-state index in [1.165, 1.54) is 19.3 Å². The summed E-state index contributed by atoms with van der Waals surface area (Å²) in [7, 11) is 0. The van der Waals surface area contributed by atoms with E-state index in [1.54, 1.807) is 0 Å². The summed E-state index contributed by atoms with van der Waals surface area (Å²) < 4.78 is 0.966. The Morgan fingerprint density at radius 2 is 2.10 bits per heavy atom. The first kappa shape index (κ1) is 14.7. The Morgan fingerprint density at radius 3 is 2.81 bits per heavy atom. The summed E-state index contributed by atoms with van der Waals surface area (Å²) in [6, 6.07) is 4.89. The third kappa shape index (κ3) is 3.49. The van der Waals surface area contributed by atoms with E-state index in [0.29, 0.717) is 12.1 Å². The van der Waals surface area contributed by atoms with E-state index in [0.717, 1.165) is 34.2 Å². The van der Waals surface area contributed by atoms with Gasteiger partial charge < -0.3 is 20.6 Å². The summed E-state index contributed by atoms with van der Waals surface area (Å²) in [6.45, 7) is 3.34. The smallest absolute Gasteiger partial charge is 0.323 e. The summed E-state index contributed by atoms with van der Waals surface area (Å²) >= 11 is 3.57. The zero-order valence-electron chi connectivity index (χ0n) is 12.1. The predicted molar refractivity (Wildman–Crippen MR) is 90.0 cm³/mol. The van der Waals surface area contributed by atoms with Crippen molar-refractivity contribution in [3.63, 3.8) is 0 Å². The maximum Gasteiger partial charge on any atom is 0.323 e. The number of fused-ring (bicyclic) bond motifs is 1. The van der Waals surface area contributed by atoms with Gasteiger partial charge in [-0.1, -0.05) is 6.42 Å². The molecule has 1 aromatic heterocycles. The number of aromatic amines is 2. The van der Waals surface area contributed by atoms with E-state index < -0.39 is 0 Å². The third-order valence-electron chi connectivity index (χ3n) is 4.06. The van der Waals surface area contributed by atoms with E-state index in [-0.39, 0.29) is 5.69 Å². The lowest BCUT2D eigenvalue weighted by Crippen LogP contribution is -2.37. The Labute approximate surface area is 132 Å². The number of rotatable bonds is 4. The van der Waals surface area contributed by atoms with Crippen LogP contribution in [0.5, 0.6) is 0 Å². The lowest BCUT2D eigenvalue weighted by atomic mass is 9.98. The zero-order valence-corrected chi connectivity index (χ0v) is 13.7. The summed E-state index contributed by atoms with van der Waals surface area (Å²) in [5.41, 5.74) is 2.49. The Balaban J connectivity index is 1.71. The lowest BCUT2D eigenvalue weighted by Gasteiger charge is -2.27. The Kier molecular flexibility index (Phi) is 4.35. The number of aromatic nitrogens is 2. The lowest BCUT2D eigenvalue weighted by molar-refractivity contribution is 0.371. The summed E-state index contributed by atoms with van der Waals surface area (Å²) in [6.07, 6.45) is 4.98. The fraction of sp³-hybridized carbons (Fsp3) is 0.533. The molecule has 6 heteroatoms. The van der Waals surface area contributed by atoms with Crippen molar-refractivity contribution >= 4 is 32.7 Å². The van der Waals surface area contributed by atoms with Crippen LogP contribution >= 0.6 is 15.9 Å². The standard InChI is InChI=1S/C15H21BrN4O/c1-9(6-10-4-2-3-5-17-10)18-12-8-14-13(7-11(12)16)19-15(21)20-14/h7-10,17-18H,2-6H2,1H3,(H2,19,20,21). The van der Waals surface area contributed by atoms with Gasteiger partial charge in [0.2, 0.25) is 0 Å². The minimum atomic E-state index is -0.173. The van der Waals surface area contributed by atoms with Crippen molar-refractivity contribution in [2.24, 2.45) is 0 Å². The molecule has 0 aliphatic carbocycles. The maximum atomic E-state index is 11.3. The van der Waals surface area contributed by atoms with Crippen molar-refractivity contribution in [2.75, 3.05) is 11.9 Å². The molecule has 4 N–H and O–H groups in total. The highest BCUT2D eigenvalue weighted by atomic mass is 79.9. The Hall–Kier alpha value is -1.27. The highest BCUT2D eigenvalue weighted by Crippen LogP contribution is 2.27. The van der Waals surface area contributed by atoms with E-state index in [9.17, 15) is 4.79 Å². The molecule has 1 aliphatic heterocycles. The fourth-order valence-electron chi connectivity index (χ4n) is 3.04. The van der Waals surface area contributed by atoms with Crippen molar-refractivity contribution in [3.8, 4) is 0 Å². The number of nitrogens with one attached hydrogen (secondary N) is 4. The van der Waals surface area contributed by atoms with Crippen molar-refractivity contribution < 1.29 is 0 Å². The van der Waals surface area contributed by atoms with Crippen molar-refractivity contribution in [3.05, 3.63) is 27.1 Å². The topological polar surface area (TPSA) is 72.7 Å². The molecule has 21 heavy (non-hydrogen) atoms. The molecule has 2 atom stereocenters. The van der Waals surface area contributed by atoms with Crippen molar-refractivity contribution in [1.29, 1.82) is 0 Å². The molecule has 1 aromatic carbocycles. The number of anilines is 1. The fourth-order valence-corrected chi connectivity index (χ4v) is 3.50. The van der Waals surface area contributed by atoms with Crippen LogP contribution in [0.25, 0.3) is 11.0 Å². The molecule has 0 amide bonds. The molecule has 0 saturated carbocycles. The quantitative estimate of drug-likeness (QED) is 0.683. The minimum Gasteiger partial charge on any atom is -0.382 e. The average Bonchev–Trinajstić information content (AvgIpc) is 2.79. The highest BCUT2D eigenvalue weighted by molar-refractivity contribution is 9.10. The Morgan fingerprint density at radius 1 is 1.33 bits per heavy atom. The number of halogens is 1. The molecule has 5 nitrogen and oxygen atoms in total. The van der Waals surface area contributed by atoms with Gasteiger partial charge in [0.1, 0.15) is 0 Å². The van der Waals surface area contributed by atoms with E-state index in [1.807, 2.05) is 12.1 Å². The average molecular weight is 353 g/mol. The van der Waals surface area contributed by atoms with E-state index >= 15 is 0 Å².